The summed E-state index contributed by atoms with van der Waals surface area (Å²) in [6, 6.07) is 8.52. The number of amides is 2. The summed E-state index contributed by atoms with van der Waals surface area (Å²) >= 11 is 0. The van der Waals surface area contributed by atoms with E-state index in [2.05, 4.69) is 15.5 Å². The zero-order chi connectivity index (χ0) is 19.1. The van der Waals surface area contributed by atoms with Crippen LogP contribution in [0.15, 0.2) is 30.3 Å². The number of urea groups is 1. The van der Waals surface area contributed by atoms with E-state index >= 15 is 0 Å². The molecule has 2 rings (SSSR count). The minimum atomic E-state index is -0.809. The van der Waals surface area contributed by atoms with Crippen molar-refractivity contribution < 1.29 is 19.7 Å². The van der Waals surface area contributed by atoms with E-state index in [-0.39, 0.29) is 25.2 Å². The Balaban J connectivity index is 1.92. The topological polar surface area (TPSA) is 97.3 Å². The Bertz CT molecular complexity index is 557. The monoisotopic (exact) mass is 366 g/mol. The zero-order valence-corrected chi connectivity index (χ0v) is 15.6. The number of likely N-dealkylation sites (N-methyl/N-ethyl adjacent to an activating group) is 2. The summed E-state index contributed by atoms with van der Waals surface area (Å²) in [4.78, 5) is 16.2. The van der Waals surface area contributed by atoms with Crippen LogP contribution in [0.2, 0.25) is 0 Å². The Hall–Kier alpha value is -1.71. The summed E-state index contributed by atoms with van der Waals surface area (Å²) in [5, 5.41) is 25.5. The quantitative estimate of drug-likeness (QED) is 0.508. The summed E-state index contributed by atoms with van der Waals surface area (Å²) < 4.78 is 5.77. The van der Waals surface area contributed by atoms with Gasteiger partial charge in [-0.15, -0.1) is 0 Å². The molecule has 8 heteroatoms. The summed E-state index contributed by atoms with van der Waals surface area (Å²) in [5.41, 5.74) is 0.699. The van der Waals surface area contributed by atoms with Crippen molar-refractivity contribution in [1.29, 1.82) is 0 Å². The minimum Gasteiger partial charge on any atom is -0.394 e. The van der Waals surface area contributed by atoms with E-state index in [1.165, 1.54) is 0 Å². The maximum absolute atomic E-state index is 12.1. The van der Waals surface area contributed by atoms with Gasteiger partial charge < -0.3 is 30.5 Å². The molecular weight excluding hydrogens is 336 g/mol. The van der Waals surface area contributed by atoms with E-state index in [4.69, 9.17) is 4.74 Å². The molecule has 2 amide bonds. The van der Waals surface area contributed by atoms with Crippen molar-refractivity contribution in [2.75, 3.05) is 52.7 Å². The fourth-order valence-electron chi connectivity index (χ4n) is 3.09. The highest BCUT2D eigenvalue weighted by atomic mass is 16.5. The largest absolute Gasteiger partial charge is 0.394 e. The number of ether oxygens (including phenoxy) is 1. The number of nitrogens with zero attached hydrogens (tertiary/aromatic N) is 2. The SMILES string of the molecule is CN(C)CCN(C)C1C(CNC(=O)Nc2ccccc2)OC(CO)C1O. The number of aliphatic hydroxyl groups is 2. The van der Waals surface area contributed by atoms with Gasteiger partial charge in [0.2, 0.25) is 0 Å². The van der Waals surface area contributed by atoms with Gasteiger partial charge in [-0.3, -0.25) is 4.90 Å². The lowest BCUT2D eigenvalue weighted by Gasteiger charge is -2.31. The molecule has 1 saturated heterocycles. The number of benzene rings is 1. The normalized spacial score (nSPS) is 25.7. The van der Waals surface area contributed by atoms with Crippen LogP contribution in [0.25, 0.3) is 0 Å². The number of rotatable bonds is 8. The van der Waals surface area contributed by atoms with E-state index in [0.29, 0.717) is 5.69 Å². The Kier molecular flexibility index (Phi) is 7.80. The Morgan fingerprint density at radius 2 is 1.85 bits per heavy atom. The molecule has 1 aromatic carbocycles. The fraction of sp³-hybridized carbons (Fsp3) is 0.611. The predicted octanol–water partition coefficient (Wildman–Crippen LogP) is -0.209. The Morgan fingerprint density at radius 1 is 1.15 bits per heavy atom. The van der Waals surface area contributed by atoms with Gasteiger partial charge in [0.05, 0.1) is 18.8 Å². The van der Waals surface area contributed by atoms with Gasteiger partial charge >= 0.3 is 6.03 Å². The molecule has 0 saturated carbocycles. The average Bonchev–Trinajstić information content (AvgIpc) is 2.94. The summed E-state index contributed by atoms with van der Waals surface area (Å²) in [6.07, 6.45) is -1.86. The van der Waals surface area contributed by atoms with Crippen molar-refractivity contribution in [2.24, 2.45) is 0 Å². The number of anilines is 1. The molecule has 26 heavy (non-hydrogen) atoms. The summed E-state index contributed by atoms with van der Waals surface area (Å²) in [5.74, 6) is 0. The van der Waals surface area contributed by atoms with Gasteiger partial charge in [-0.05, 0) is 33.3 Å². The van der Waals surface area contributed by atoms with Crippen molar-refractivity contribution in [3.05, 3.63) is 30.3 Å². The standard InChI is InChI=1S/C18H30N4O4/c1-21(2)9-10-22(3)16-14(26-15(12-23)17(16)24)11-19-18(25)20-13-7-5-4-6-8-13/h4-8,14-17,23-24H,9-12H2,1-3H3,(H2,19,20,25). The molecule has 1 aliphatic rings. The third kappa shape index (κ3) is 5.65. The maximum Gasteiger partial charge on any atom is 0.319 e. The van der Waals surface area contributed by atoms with E-state index in [1.807, 2.05) is 44.2 Å². The predicted molar refractivity (Wildman–Crippen MR) is 100 cm³/mol. The molecule has 1 heterocycles. The van der Waals surface area contributed by atoms with Crippen molar-refractivity contribution in [2.45, 2.75) is 24.4 Å². The first-order valence-corrected chi connectivity index (χ1v) is 8.81. The number of nitrogens with one attached hydrogen (secondary N) is 2. The zero-order valence-electron chi connectivity index (χ0n) is 15.6. The second-order valence-corrected chi connectivity index (χ2v) is 6.86. The van der Waals surface area contributed by atoms with Crippen LogP contribution in [-0.2, 0) is 4.74 Å². The lowest BCUT2D eigenvalue weighted by atomic mass is 10.0. The molecule has 4 unspecified atom stereocenters. The van der Waals surface area contributed by atoms with Crippen LogP contribution in [0.5, 0.6) is 0 Å². The highest BCUT2D eigenvalue weighted by Crippen LogP contribution is 2.24. The molecule has 1 fully saturated rings. The minimum absolute atomic E-state index is 0.239. The van der Waals surface area contributed by atoms with Crippen molar-refractivity contribution in [3.63, 3.8) is 0 Å². The first kappa shape index (κ1) is 20.6. The van der Waals surface area contributed by atoms with Crippen LogP contribution in [0.1, 0.15) is 0 Å². The number of carbonyl (C=O) groups is 1. The van der Waals surface area contributed by atoms with Gasteiger partial charge in [0.1, 0.15) is 12.2 Å². The van der Waals surface area contributed by atoms with Gasteiger partial charge in [0.15, 0.2) is 0 Å². The van der Waals surface area contributed by atoms with Crippen molar-refractivity contribution in [3.8, 4) is 0 Å². The van der Waals surface area contributed by atoms with Crippen LogP contribution >= 0.6 is 0 Å². The first-order chi connectivity index (χ1) is 12.4. The number of hydrogen-bond acceptors (Lipinski definition) is 6. The van der Waals surface area contributed by atoms with E-state index in [9.17, 15) is 15.0 Å². The second-order valence-electron chi connectivity index (χ2n) is 6.86. The molecule has 146 valence electrons. The van der Waals surface area contributed by atoms with Gasteiger partial charge in [0.25, 0.3) is 0 Å². The van der Waals surface area contributed by atoms with Gasteiger partial charge in [0, 0.05) is 25.3 Å². The molecule has 4 N–H and O–H groups in total. The maximum atomic E-state index is 12.1. The molecule has 0 spiro atoms. The molecule has 4 atom stereocenters. The lowest BCUT2D eigenvalue weighted by Crippen LogP contribution is -2.51. The lowest BCUT2D eigenvalue weighted by molar-refractivity contribution is -0.0205. The van der Waals surface area contributed by atoms with Crippen LogP contribution in [0.3, 0.4) is 0 Å². The molecule has 8 nitrogen and oxygen atoms in total. The van der Waals surface area contributed by atoms with Crippen LogP contribution < -0.4 is 10.6 Å². The highest BCUT2D eigenvalue weighted by Gasteiger charge is 2.45. The number of carbonyl (C=O) groups excluding carboxylic acids is 1. The summed E-state index contributed by atoms with van der Waals surface area (Å²) in [7, 11) is 5.88. The molecule has 0 aromatic heterocycles. The fourth-order valence-corrected chi connectivity index (χ4v) is 3.09. The highest BCUT2D eigenvalue weighted by molar-refractivity contribution is 5.89. The van der Waals surface area contributed by atoms with E-state index < -0.39 is 18.3 Å². The third-order valence-electron chi connectivity index (χ3n) is 4.55. The molecule has 0 radical (unpaired) electrons. The second kappa shape index (κ2) is 9.84. The number of hydrogen-bond donors (Lipinski definition) is 4. The third-order valence-corrected chi connectivity index (χ3v) is 4.55. The molecule has 1 aromatic rings. The van der Waals surface area contributed by atoms with Gasteiger partial charge in [-0.25, -0.2) is 4.79 Å². The van der Waals surface area contributed by atoms with Gasteiger partial charge in [-0.1, -0.05) is 18.2 Å². The van der Waals surface area contributed by atoms with Crippen LogP contribution in [0, 0.1) is 0 Å². The van der Waals surface area contributed by atoms with Crippen LogP contribution in [0.4, 0.5) is 10.5 Å². The average molecular weight is 366 g/mol. The van der Waals surface area contributed by atoms with Crippen LogP contribution in [-0.4, -0.2) is 97.8 Å². The van der Waals surface area contributed by atoms with Crippen molar-refractivity contribution in [1.82, 2.24) is 15.1 Å². The Morgan fingerprint density at radius 3 is 2.46 bits per heavy atom. The van der Waals surface area contributed by atoms with E-state index in [1.54, 1.807) is 12.1 Å². The molecule has 0 bridgehead atoms. The van der Waals surface area contributed by atoms with E-state index in [0.717, 1.165) is 13.1 Å². The Labute approximate surface area is 154 Å². The van der Waals surface area contributed by atoms with Gasteiger partial charge in [-0.2, -0.15) is 0 Å². The number of para-hydroxylation sites is 1. The molecule has 1 aliphatic heterocycles. The molecule has 0 aliphatic carbocycles. The first-order valence-electron chi connectivity index (χ1n) is 8.81. The van der Waals surface area contributed by atoms with Crippen molar-refractivity contribution >= 4 is 11.7 Å². The number of aliphatic hydroxyl groups excluding tert-OH is 2. The molecular formula is C18H30N4O4. The smallest absolute Gasteiger partial charge is 0.319 e. The summed E-state index contributed by atoms with van der Waals surface area (Å²) in [6.45, 7) is 1.55.